The number of hydrogen-bond acceptors (Lipinski definition) is 3. The Morgan fingerprint density at radius 1 is 1.64 bits per heavy atom. The van der Waals surface area contributed by atoms with Gasteiger partial charge < -0.3 is 14.9 Å². The molecule has 0 saturated heterocycles. The summed E-state index contributed by atoms with van der Waals surface area (Å²) < 4.78 is 0. The normalized spacial score (nSPS) is 16.4. The van der Waals surface area contributed by atoms with E-state index in [4.69, 9.17) is 5.11 Å². The molecular formula is C9H14N2O3. The summed E-state index contributed by atoms with van der Waals surface area (Å²) in [4.78, 5) is 25.3. The zero-order chi connectivity index (χ0) is 10.7. The smallest absolute Gasteiger partial charge is 0.333 e. The number of aliphatic carboxylic acids is 1. The van der Waals surface area contributed by atoms with Crippen LogP contribution in [0.4, 0.5) is 0 Å². The number of carbonyl (C=O) groups is 2. The molecular weight excluding hydrogens is 184 g/mol. The van der Waals surface area contributed by atoms with Gasteiger partial charge in [-0.3, -0.25) is 4.79 Å². The molecule has 78 valence electrons. The van der Waals surface area contributed by atoms with Gasteiger partial charge in [0.15, 0.2) is 0 Å². The van der Waals surface area contributed by atoms with E-state index in [1.165, 1.54) is 11.1 Å². The minimum absolute atomic E-state index is 0.0166. The summed E-state index contributed by atoms with van der Waals surface area (Å²) in [5.41, 5.74) is 0.175. The van der Waals surface area contributed by atoms with Crippen molar-refractivity contribution < 1.29 is 14.7 Å². The van der Waals surface area contributed by atoms with Gasteiger partial charge in [-0.15, -0.1) is 0 Å². The Balaban J connectivity index is 2.54. The van der Waals surface area contributed by atoms with E-state index in [2.05, 4.69) is 0 Å². The highest BCUT2D eigenvalue weighted by Crippen LogP contribution is 2.15. The number of carboxylic acid groups (broad SMARTS) is 1. The van der Waals surface area contributed by atoms with Crippen molar-refractivity contribution in [3.63, 3.8) is 0 Å². The molecule has 1 amide bonds. The first-order valence-corrected chi connectivity index (χ1v) is 4.39. The molecule has 0 fully saturated rings. The van der Waals surface area contributed by atoms with Crippen LogP contribution < -0.4 is 0 Å². The van der Waals surface area contributed by atoms with Crippen molar-refractivity contribution in [2.75, 3.05) is 27.2 Å². The van der Waals surface area contributed by atoms with Gasteiger partial charge in [-0.05, 0) is 14.1 Å². The Hall–Kier alpha value is -1.36. The van der Waals surface area contributed by atoms with E-state index >= 15 is 0 Å². The molecule has 5 heteroatoms. The molecule has 1 N–H and O–H groups in total. The summed E-state index contributed by atoms with van der Waals surface area (Å²) in [6, 6.07) is 0. The van der Waals surface area contributed by atoms with Gasteiger partial charge in [-0.25, -0.2) is 4.79 Å². The van der Waals surface area contributed by atoms with Crippen LogP contribution >= 0.6 is 0 Å². The summed E-state index contributed by atoms with van der Waals surface area (Å²) in [5.74, 6) is -1.14. The van der Waals surface area contributed by atoms with Crippen molar-refractivity contribution in [2.45, 2.75) is 6.42 Å². The number of rotatable bonds is 4. The summed E-state index contributed by atoms with van der Waals surface area (Å²) >= 11 is 0. The molecule has 0 saturated carbocycles. The molecule has 14 heavy (non-hydrogen) atoms. The summed E-state index contributed by atoms with van der Waals surface area (Å²) in [6.07, 6.45) is 1.44. The van der Waals surface area contributed by atoms with Gasteiger partial charge in [0.05, 0.1) is 12.0 Å². The fourth-order valence-corrected chi connectivity index (χ4v) is 1.20. The monoisotopic (exact) mass is 198 g/mol. The Labute approximate surface area is 82.6 Å². The van der Waals surface area contributed by atoms with Crippen LogP contribution in [0.2, 0.25) is 0 Å². The van der Waals surface area contributed by atoms with Crippen molar-refractivity contribution >= 4 is 11.9 Å². The molecule has 0 unspecified atom stereocenters. The Morgan fingerprint density at radius 2 is 2.29 bits per heavy atom. The molecule has 1 rings (SSSR count). The summed E-state index contributed by atoms with van der Waals surface area (Å²) in [6.45, 7) is 1.28. The van der Waals surface area contributed by atoms with Crippen molar-refractivity contribution in [1.82, 2.24) is 9.80 Å². The standard InChI is InChI=1S/C9H14N2O3/c1-10(2)3-4-11-6-7(9(13)14)5-8(11)12/h6H,3-5H2,1-2H3,(H,13,14). The van der Waals surface area contributed by atoms with Crippen LogP contribution in [0.1, 0.15) is 6.42 Å². The quantitative estimate of drug-likeness (QED) is 0.676. The van der Waals surface area contributed by atoms with Crippen LogP contribution in [0, 0.1) is 0 Å². The molecule has 0 aromatic carbocycles. The molecule has 0 aromatic rings. The second kappa shape index (κ2) is 4.23. The molecule has 0 radical (unpaired) electrons. The van der Waals surface area contributed by atoms with Gasteiger partial charge in [0, 0.05) is 19.3 Å². The Kier molecular flexibility index (Phi) is 3.24. The first-order valence-electron chi connectivity index (χ1n) is 4.39. The number of carbonyl (C=O) groups excluding carboxylic acids is 1. The van der Waals surface area contributed by atoms with Crippen LogP contribution in [-0.2, 0) is 9.59 Å². The topological polar surface area (TPSA) is 60.9 Å². The van der Waals surface area contributed by atoms with Crippen molar-refractivity contribution in [1.29, 1.82) is 0 Å². The zero-order valence-electron chi connectivity index (χ0n) is 8.36. The second-order valence-electron chi connectivity index (χ2n) is 3.53. The zero-order valence-corrected chi connectivity index (χ0v) is 8.36. The van der Waals surface area contributed by atoms with Gasteiger partial charge in [0.1, 0.15) is 0 Å². The van der Waals surface area contributed by atoms with Crippen molar-refractivity contribution in [2.24, 2.45) is 0 Å². The molecule has 0 bridgehead atoms. The van der Waals surface area contributed by atoms with Gasteiger partial charge in [-0.1, -0.05) is 0 Å². The number of hydrogen-bond donors (Lipinski definition) is 1. The van der Waals surface area contributed by atoms with Crippen LogP contribution in [0.5, 0.6) is 0 Å². The molecule has 0 aliphatic carbocycles. The maximum absolute atomic E-state index is 11.3. The lowest BCUT2D eigenvalue weighted by molar-refractivity contribution is -0.134. The molecule has 0 aromatic heterocycles. The van der Waals surface area contributed by atoms with Crippen molar-refractivity contribution in [3.8, 4) is 0 Å². The van der Waals surface area contributed by atoms with Gasteiger partial charge in [-0.2, -0.15) is 0 Å². The predicted octanol–water partition coefficient (Wildman–Crippen LogP) is -0.251. The minimum Gasteiger partial charge on any atom is -0.478 e. The SMILES string of the molecule is CN(C)CCN1C=C(C(=O)O)CC1=O. The first-order chi connectivity index (χ1) is 6.50. The van der Waals surface area contributed by atoms with E-state index in [0.717, 1.165) is 6.54 Å². The van der Waals surface area contributed by atoms with Crippen LogP contribution in [0.15, 0.2) is 11.8 Å². The molecule has 0 spiro atoms. The molecule has 1 heterocycles. The lowest BCUT2D eigenvalue weighted by Gasteiger charge is -2.16. The average Bonchev–Trinajstić information content (AvgIpc) is 2.43. The highest BCUT2D eigenvalue weighted by Gasteiger charge is 2.25. The minimum atomic E-state index is -1.01. The number of likely N-dealkylation sites (N-methyl/N-ethyl adjacent to an activating group) is 1. The maximum atomic E-state index is 11.3. The Morgan fingerprint density at radius 3 is 2.71 bits per heavy atom. The third-order valence-corrected chi connectivity index (χ3v) is 2.04. The molecule has 1 aliphatic rings. The fraction of sp³-hybridized carbons (Fsp3) is 0.556. The molecule has 1 aliphatic heterocycles. The maximum Gasteiger partial charge on any atom is 0.333 e. The second-order valence-corrected chi connectivity index (χ2v) is 3.53. The third kappa shape index (κ3) is 2.56. The van der Waals surface area contributed by atoms with E-state index in [0.29, 0.717) is 6.54 Å². The lowest BCUT2D eigenvalue weighted by atomic mass is 10.2. The van der Waals surface area contributed by atoms with E-state index in [-0.39, 0.29) is 17.9 Å². The summed E-state index contributed by atoms with van der Waals surface area (Å²) in [7, 11) is 3.81. The fourth-order valence-electron chi connectivity index (χ4n) is 1.20. The number of carboxylic acids is 1. The lowest BCUT2D eigenvalue weighted by Crippen LogP contribution is -2.29. The van der Waals surface area contributed by atoms with E-state index in [1.54, 1.807) is 0 Å². The van der Waals surface area contributed by atoms with E-state index in [9.17, 15) is 9.59 Å². The van der Waals surface area contributed by atoms with Gasteiger partial charge in [0.2, 0.25) is 5.91 Å². The van der Waals surface area contributed by atoms with Crippen LogP contribution in [0.25, 0.3) is 0 Å². The largest absolute Gasteiger partial charge is 0.478 e. The molecule has 5 nitrogen and oxygen atoms in total. The number of nitrogens with zero attached hydrogens (tertiary/aromatic N) is 2. The van der Waals surface area contributed by atoms with Crippen LogP contribution in [-0.4, -0.2) is 54.0 Å². The van der Waals surface area contributed by atoms with Gasteiger partial charge in [0.25, 0.3) is 0 Å². The van der Waals surface area contributed by atoms with E-state index < -0.39 is 5.97 Å². The highest BCUT2D eigenvalue weighted by molar-refractivity contribution is 5.97. The molecule has 0 atom stereocenters. The van der Waals surface area contributed by atoms with Gasteiger partial charge >= 0.3 is 5.97 Å². The van der Waals surface area contributed by atoms with Crippen molar-refractivity contribution in [3.05, 3.63) is 11.8 Å². The van der Waals surface area contributed by atoms with E-state index in [1.807, 2.05) is 19.0 Å². The Bertz CT molecular complexity index is 284. The highest BCUT2D eigenvalue weighted by atomic mass is 16.4. The third-order valence-electron chi connectivity index (χ3n) is 2.04. The average molecular weight is 198 g/mol. The van der Waals surface area contributed by atoms with Crippen LogP contribution in [0.3, 0.4) is 0 Å². The number of amides is 1. The first kappa shape index (κ1) is 10.7. The summed E-state index contributed by atoms with van der Waals surface area (Å²) in [5, 5.41) is 8.67. The predicted molar refractivity (Wildman–Crippen MR) is 50.6 cm³/mol.